The van der Waals surface area contributed by atoms with E-state index in [1.807, 2.05) is 11.0 Å². The minimum Gasteiger partial charge on any atom is -0.343 e. The Bertz CT molecular complexity index is 757. The minimum absolute atomic E-state index is 0.305. The van der Waals surface area contributed by atoms with Gasteiger partial charge in [-0.2, -0.15) is 0 Å². The van der Waals surface area contributed by atoms with Crippen LogP contribution >= 0.6 is 11.8 Å². The predicted molar refractivity (Wildman–Crippen MR) is 109 cm³/mol. The lowest BCUT2D eigenvalue weighted by Crippen LogP contribution is -2.31. The summed E-state index contributed by atoms with van der Waals surface area (Å²) in [6, 6.07) is 10.4. The van der Waals surface area contributed by atoms with Crippen molar-refractivity contribution in [3.8, 4) is 5.69 Å². The monoisotopic (exact) mass is 385 g/mol. The summed E-state index contributed by atoms with van der Waals surface area (Å²) in [5.74, 6) is 2.20. The van der Waals surface area contributed by atoms with Crippen LogP contribution in [0.2, 0.25) is 0 Å². The molecule has 2 aliphatic heterocycles. The summed E-state index contributed by atoms with van der Waals surface area (Å²) in [5, 5.41) is 9.98. The fraction of sp³-hybridized carbons (Fsp3) is 0.550. The highest BCUT2D eigenvalue weighted by Crippen LogP contribution is 2.28. The van der Waals surface area contributed by atoms with Crippen molar-refractivity contribution in [2.24, 2.45) is 0 Å². The normalized spacial score (nSPS) is 17.7. The number of likely N-dealkylation sites (tertiary alicyclic amines) is 1. The largest absolute Gasteiger partial charge is 0.343 e. The quantitative estimate of drug-likeness (QED) is 0.540. The van der Waals surface area contributed by atoms with Gasteiger partial charge < -0.3 is 9.80 Å². The van der Waals surface area contributed by atoms with Crippen molar-refractivity contribution < 1.29 is 4.79 Å². The molecule has 2 fully saturated rings. The van der Waals surface area contributed by atoms with Crippen LogP contribution in [0.5, 0.6) is 0 Å². The molecule has 0 bridgehead atoms. The maximum absolute atomic E-state index is 11.7. The molecule has 3 heterocycles. The van der Waals surface area contributed by atoms with E-state index < -0.39 is 0 Å². The topological polar surface area (TPSA) is 54.3 Å². The van der Waals surface area contributed by atoms with E-state index in [2.05, 4.69) is 43.9 Å². The standard InChI is InChI=1S/C20H27N5OS/c26-18-11-7-14-23(18)15-8-16-27-20-22-21-19(24-12-5-2-6-13-24)25(20)17-9-3-1-4-10-17/h1,3-4,9-10H,2,5-8,11-16H2. The van der Waals surface area contributed by atoms with Gasteiger partial charge in [-0.3, -0.25) is 9.36 Å². The molecule has 2 aliphatic rings. The van der Waals surface area contributed by atoms with Crippen LogP contribution in [0.15, 0.2) is 35.5 Å². The van der Waals surface area contributed by atoms with Crippen molar-refractivity contribution in [2.75, 3.05) is 36.8 Å². The van der Waals surface area contributed by atoms with Crippen LogP contribution in [0, 0.1) is 0 Å². The Hall–Kier alpha value is -2.02. The third-order valence-corrected chi connectivity index (χ3v) is 6.26. The summed E-state index contributed by atoms with van der Waals surface area (Å²) >= 11 is 1.74. The zero-order valence-corrected chi connectivity index (χ0v) is 16.5. The molecule has 4 rings (SSSR count). The number of piperidine rings is 1. The molecule has 0 N–H and O–H groups in total. The Balaban J connectivity index is 1.46. The molecule has 1 aromatic heterocycles. The van der Waals surface area contributed by atoms with Crippen LogP contribution in [-0.4, -0.2) is 57.5 Å². The van der Waals surface area contributed by atoms with E-state index in [-0.39, 0.29) is 0 Å². The van der Waals surface area contributed by atoms with Gasteiger partial charge in [-0.1, -0.05) is 30.0 Å². The Labute approximate surface area is 164 Å². The van der Waals surface area contributed by atoms with E-state index in [1.165, 1.54) is 19.3 Å². The summed E-state index contributed by atoms with van der Waals surface area (Å²) in [7, 11) is 0. The molecular formula is C20H27N5OS. The van der Waals surface area contributed by atoms with Gasteiger partial charge in [0.05, 0.1) is 5.69 Å². The molecule has 1 aromatic carbocycles. The number of thioether (sulfide) groups is 1. The molecule has 0 aliphatic carbocycles. The van der Waals surface area contributed by atoms with Gasteiger partial charge in [-0.15, -0.1) is 10.2 Å². The number of nitrogens with zero attached hydrogens (tertiary/aromatic N) is 5. The Kier molecular flexibility index (Phi) is 5.97. The van der Waals surface area contributed by atoms with E-state index in [0.29, 0.717) is 12.3 Å². The highest BCUT2D eigenvalue weighted by Gasteiger charge is 2.22. The second kappa shape index (κ2) is 8.78. The van der Waals surface area contributed by atoms with Gasteiger partial charge in [0, 0.05) is 38.4 Å². The summed E-state index contributed by atoms with van der Waals surface area (Å²) in [4.78, 5) is 16.1. The number of carbonyl (C=O) groups excluding carboxylic acids is 1. The van der Waals surface area contributed by atoms with Crippen molar-refractivity contribution in [1.82, 2.24) is 19.7 Å². The Morgan fingerprint density at radius 1 is 0.963 bits per heavy atom. The summed E-state index contributed by atoms with van der Waals surface area (Å²) in [5.41, 5.74) is 1.11. The highest BCUT2D eigenvalue weighted by molar-refractivity contribution is 7.99. The maximum atomic E-state index is 11.7. The van der Waals surface area contributed by atoms with Crippen molar-refractivity contribution >= 4 is 23.6 Å². The minimum atomic E-state index is 0.305. The van der Waals surface area contributed by atoms with E-state index in [0.717, 1.165) is 61.6 Å². The lowest BCUT2D eigenvalue weighted by atomic mass is 10.1. The first-order chi connectivity index (χ1) is 13.3. The maximum Gasteiger partial charge on any atom is 0.232 e. The first-order valence-electron chi connectivity index (χ1n) is 9.99. The van der Waals surface area contributed by atoms with Crippen LogP contribution in [-0.2, 0) is 4.79 Å². The molecule has 0 unspecified atom stereocenters. The molecule has 2 aromatic rings. The van der Waals surface area contributed by atoms with E-state index in [9.17, 15) is 4.79 Å². The number of hydrogen-bond donors (Lipinski definition) is 0. The lowest BCUT2D eigenvalue weighted by molar-refractivity contribution is -0.127. The van der Waals surface area contributed by atoms with Gasteiger partial charge in [-0.25, -0.2) is 0 Å². The molecular weight excluding hydrogens is 358 g/mol. The van der Waals surface area contributed by atoms with E-state index in [1.54, 1.807) is 11.8 Å². The fourth-order valence-electron chi connectivity index (χ4n) is 3.82. The van der Waals surface area contributed by atoms with Crippen molar-refractivity contribution in [3.05, 3.63) is 30.3 Å². The SMILES string of the molecule is O=C1CCCN1CCCSc1nnc(N2CCCCC2)n1-c1ccccc1. The van der Waals surface area contributed by atoms with Crippen molar-refractivity contribution in [1.29, 1.82) is 0 Å². The first kappa shape index (κ1) is 18.3. The van der Waals surface area contributed by atoms with Gasteiger partial charge in [0.25, 0.3) is 0 Å². The smallest absolute Gasteiger partial charge is 0.232 e. The van der Waals surface area contributed by atoms with Crippen molar-refractivity contribution in [2.45, 2.75) is 43.7 Å². The fourth-order valence-corrected chi connectivity index (χ4v) is 4.69. The average molecular weight is 386 g/mol. The average Bonchev–Trinajstić information content (AvgIpc) is 3.33. The van der Waals surface area contributed by atoms with Gasteiger partial charge in [-0.05, 0) is 44.2 Å². The molecule has 144 valence electrons. The van der Waals surface area contributed by atoms with Crippen LogP contribution in [0.4, 0.5) is 5.95 Å². The zero-order chi connectivity index (χ0) is 18.5. The molecule has 0 radical (unpaired) electrons. The second-order valence-electron chi connectivity index (χ2n) is 7.19. The van der Waals surface area contributed by atoms with Gasteiger partial charge in [0.2, 0.25) is 11.9 Å². The summed E-state index contributed by atoms with van der Waals surface area (Å²) < 4.78 is 2.19. The summed E-state index contributed by atoms with van der Waals surface area (Å²) in [6.45, 7) is 3.87. The van der Waals surface area contributed by atoms with E-state index in [4.69, 9.17) is 0 Å². The number of anilines is 1. The summed E-state index contributed by atoms with van der Waals surface area (Å²) in [6.07, 6.45) is 6.44. The number of para-hydroxylation sites is 1. The highest BCUT2D eigenvalue weighted by atomic mass is 32.2. The molecule has 0 spiro atoms. The van der Waals surface area contributed by atoms with Crippen LogP contribution in [0.25, 0.3) is 5.69 Å². The first-order valence-corrected chi connectivity index (χ1v) is 11.0. The van der Waals surface area contributed by atoms with Gasteiger partial charge in [0.15, 0.2) is 5.16 Å². The van der Waals surface area contributed by atoms with Crippen molar-refractivity contribution in [3.63, 3.8) is 0 Å². The predicted octanol–water partition coefficient (Wildman–Crippen LogP) is 3.36. The number of rotatable bonds is 7. The Morgan fingerprint density at radius 3 is 2.52 bits per heavy atom. The molecule has 1 amide bonds. The number of hydrogen-bond acceptors (Lipinski definition) is 5. The van der Waals surface area contributed by atoms with Crippen LogP contribution < -0.4 is 4.90 Å². The number of benzene rings is 1. The second-order valence-corrected chi connectivity index (χ2v) is 8.25. The number of amides is 1. The van der Waals surface area contributed by atoms with Gasteiger partial charge >= 0.3 is 0 Å². The number of aromatic nitrogens is 3. The molecule has 0 saturated carbocycles. The molecule has 2 saturated heterocycles. The molecule has 0 atom stereocenters. The third-order valence-electron chi connectivity index (χ3n) is 5.24. The zero-order valence-electron chi connectivity index (χ0n) is 15.7. The van der Waals surface area contributed by atoms with Crippen LogP contribution in [0.1, 0.15) is 38.5 Å². The number of carbonyl (C=O) groups is 1. The molecule has 27 heavy (non-hydrogen) atoms. The van der Waals surface area contributed by atoms with E-state index >= 15 is 0 Å². The molecule has 7 heteroatoms. The van der Waals surface area contributed by atoms with Gasteiger partial charge in [0.1, 0.15) is 0 Å². The lowest BCUT2D eigenvalue weighted by Gasteiger charge is -2.27. The third kappa shape index (κ3) is 4.29. The molecule has 6 nitrogen and oxygen atoms in total. The van der Waals surface area contributed by atoms with Crippen LogP contribution in [0.3, 0.4) is 0 Å². The Morgan fingerprint density at radius 2 is 1.78 bits per heavy atom.